The predicted molar refractivity (Wildman–Crippen MR) is 158 cm³/mol. The van der Waals surface area contributed by atoms with E-state index in [1.165, 1.54) is 23.1 Å². The second-order valence-electron chi connectivity index (χ2n) is 10.3. The molecule has 0 saturated carbocycles. The number of rotatable bonds is 6. The first-order valence-electron chi connectivity index (χ1n) is 13.3. The first kappa shape index (κ1) is 30.3. The number of aromatic nitrogens is 3. The maximum Gasteiger partial charge on any atom is 0.355 e. The average molecular weight is 621 g/mol. The fourth-order valence-corrected chi connectivity index (χ4v) is 6.35. The van der Waals surface area contributed by atoms with Crippen molar-refractivity contribution in [3.8, 4) is 28.8 Å². The van der Waals surface area contributed by atoms with Crippen molar-refractivity contribution in [2.75, 3.05) is 30.8 Å². The summed E-state index contributed by atoms with van der Waals surface area (Å²) in [7, 11) is -3.91. The maximum absolute atomic E-state index is 15.8. The van der Waals surface area contributed by atoms with Crippen molar-refractivity contribution in [3.05, 3.63) is 82.8 Å². The number of para-hydroxylation sites is 1. The van der Waals surface area contributed by atoms with E-state index in [-0.39, 0.29) is 59.4 Å². The van der Waals surface area contributed by atoms with Gasteiger partial charge in [-0.3, -0.25) is 4.79 Å². The highest BCUT2D eigenvalue weighted by molar-refractivity contribution is 7.90. The van der Waals surface area contributed by atoms with Gasteiger partial charge in [0.25, 0.3) is 0 Å². The molecule has 226 valence electrons. The van der Waals surface area contributed by atoms with E-state index in [1.807, 2.05) is 6.07 Å². The number of anilines is 1. The number of nitriles is 1. The highest BCUT2D eigenvalue weighted by atomic mass is 32.2. The van der Waals surface area contributed by atoms with E-state index in [2.05, 4.69) is 16.5 Å². The maximum atomic E-state index is 15.8. The Balaban J connectivity index is 1.85. The molecule has 1 saturated heterocycles. The number of hydrogen-bond acceptors (Lipinski definition) is 9. The van der Waals surface area contributed by atoms with E-state index in [4.69, 9.17) is 0 Å². The second-order valence-corrected chi connectivity index (χ2v) is 12.3. The van der Waals surface area contributed by atoms with Gasteiger partial charge in [-0.25, -0.2) is 31.5 Å². The summed E-state index contributed by atoms with van der Waals surface area (Å²) >= 11 is 0. The molecule has 0 radical (unpaired) electrons. The third-order valence-electron chi connectivity index (χ3n) is 7.42. The van der Waals surface area contributed by atoms with Crippen molar-refractivity contribution >= 4 is 32.6 Å². The van der Waals surface area contributed by atoms with Crippen LogP contribution in [0.15, 0.2) is 64.8 Å². The number of sulfone groups is 1. The summed E-state index contributed by atoms with van der Waals surface area (Å²) in [5.74, 6) is -3.04. The topological polar surface area (TPSA) is 149 Å². The minimum absolute atomic E-state index is 0.0245. The summed E-state index contributed by atoms with van der Waals surface area (Å²) in [4.78, 5) is 37.7. The number of phenols is 1. The Labute approximate surface area is 250 Å². The number of benzene rings is 2. The van der Waals surface area contributed by atoms with E-state index in [0.717, 1.165) is 35.1 Å². The van der Waals surface area contributed by atoms with Crippen molar-refractivity contribution < 1.29 is 27.1 Å². The molecule has 5 rings (SSSR count). The lowest BCUT2D eigenvalue weighted by molar-refractivity contribution is -0.128. The smallest absolute Gasteiger partial charge is 0.355 e. The number of nitrogens with zero attached hydrogens (tertiary/aromatic N) is 6. The van der Waals surface area contributed by atoms with Gasteiger partial charge >= 0.3 is 5.69 Å². The van der Waals surface area contributed by atoms with E-state index < -0.39 is 50.2 Å². The van der Waals surface area contributed by atoms with Gasteiger partial charge in [-0.05, 0) is 42.8 Å². The number of piperazine rings is 1. The highest BCUT2D eigenvalue weighted by Crippen LogP contribution is 2.36. The van der Waals surface area contributed by atoms with Gasteiger partial charge in [0.15, 0.2) is 21.3 Å². The van der Waals surface area contributed by atoms with Crippen LogP contribution in [-0.2, 0) is 14.6 Å². The molecule has 2 aromatic carbocycles. The number of halogens is 2. The Morgan fingerprint density at radius 1 is 1.18 bits per heavy atom. The normalized spacial score (nSPS) is 15.3. The average Bonchev–Trinajstić information content (AvgIpc) is 2.97. The third kappa shape index (κ3) is 5.26. The second kappa shape index (κ2) is 11.5. The van der Waals surface area contributed by atoms with E-state index >= 15 is 4.39 Å². The molecule has 1 atom stereocenters. The van der Waals surface area contributed by atoms with E-state index in [0.29, 0.717) is 5.56 Å². The monoisotopic (exact) mass is 620 g/mol. The van der Waals surface area contributed by atoms with Gasteiger partial charge in [-0.2, -0.15) is 10.2 Å². The molecule has 1 amide bonds. The first-order valence-corrected chi connectivity index (χ1v) is 15.2. The van der Waals surface area contributed by atoms with Gasteiger partial charge in [-0.15, -0.1) is 0 Å². The van der Waals surface area contributed by atoms with Crippen LogP contribution in [0.2, 0.25) is 0 Å². The molecule has 1 N–H and O–H groups in total. The van der Waals surface area contributed by atoms with Crippen LogP contribution in [-0.4, -0.2) is 70.8 Å². The Hall–Kier alpha value is -5.16. The van der Waals surface area contributed by atoms with Crippen molar-refractivity contribution in [3.63, 3.8) is 0 Å². The van der Waals surface area contributed by atoms with Crippen molar-refractivity contribution in [2.24, 2.45) is 0 Å². The lowest BCUT2D eigenvalue weighted by atomic mass is 10.1. The minimum atomic E-state index is -3.91. The Bertz CT molecular complexity index is 2040. The van der Waals surface area contributed by atoms with Crippen molar-refractivity contribution in [1.29, 1.82) is 5.26 Å². The molecule has 44 heavy (non-hydrogen) atoms. The summed E-state index contributed by atoms with van der Waals surface area (Å²) in [6.07, 6.45) is 2.06. The molecule has 1 fully saturated rings. The first-order chi connectivity index (χ1) is 20.9. The molecule has 3 heterocycles. The molecule has 11 nitrogen and oxygen atoms in total. The highest BCUT2D eigenvalue weighted by Gasteiger charge is 2.32. The fraction of sp³-hybridized carbons (Fsp3) is 0.233. The zero-order valence-corrected chi connectivity index (χ0v) is 24.5. The van der Waals surface area contributed by atoms with Gasteiger partial charge in [-0.1, -0.05) is 24.8 Å². The molecule has 14 heteroatoms. The Kier molecular flexibility index (Phi) is 7.92. The molecule has 0 aliphatic carbocycles. The Morgan fingerprint density at radius 2 is 1.91 bits per heavy atom. The lowest BCUT2D eigenvalue weighted by Crippen LogP contribution is -2.55. The molecule has 0 spiro atoms. The minimum Gasteiger partial charge on any atom is -0.507 e. The molecule has 1 aliphatic heterocycles. The van der Waals surface area contributed by atoms with E-state index in [9.17, 15) is 32.8 Å². The number of phenolic OH excluding ortho intramolecular Hbond substituents is 1. The van der Waals surface area contributed by atoms with Gasteiger partial charge in [0, 0.05) is 25.9 Å². The summed E-state index contributed by atoms with van der Waals surface area (Å²) in [5, 5.41) is 19.8. The SMILES string of the molecule is C=CC(=O)N1CCN(c2nc(=O)n(-c3c(C)cccc3S(C)(=O)=O)c3nc(-c4c(O)cccc4F)c(F)cc23)CC1CC#N. The predicted octanol–water partition coefficient (Wildman–Crippen LogP) is 3.26. The van der Waals surface area contributed by atoms with Crippen LogP contribution < -0.4 is 10.6 Å². The lowest BCUT2D eigenvalue weighted by Gasteiger charge is -2.41. The van der Waals surface area contributed by atoms with Gasteiger partial charge in [0.1, 0.15) is 23.1 Å². The van der Waals surface area contributed by atoms with Crippen LogP contribution in [0.25, 0.3) is 28.0 Å². The zero-order chi connectivity index (χ0) is 31.9. The van der Waals surface area contributed by atoms with Crippen LogP contribution >= 0.6 is 0 Å². The molecular weight excluding hydrogens is 594 g/mol. The summed E-state index contributed by atoms with van der Waals surface area (Å²) in [6.45, 7) is 5.41. The summed E-state index contributed by atoms with van der Waals surface area (Å²) in [6, 6.07) is 10.2. The molecule has 4 aromatic rings. The fourth-order valence-electron chi connectivity index (χ4n) is 5.42. The Morgan fingerprint density at radius 3 is 2.57 bits per heavy atom. The number of carbonyl (C=O) groups is 1. The number of aryl methyl sites for hydroxylation is 1. The van der Waals surface area contributed by atoms with Crippen LogP contribution in [0.3, 0.4) is 0 Å². The van der Waals surface area contributed by atoms with Crippen LogP contribution in [0.5, 0.6) is 5.75 Å². The van der Waals surface area contributed by atoms with Crippen molar-refractivity contribution in [2.45, 2.75) is 24.3 Å². The summed E-state index contributed by atoms with van der Waals surface area (Å²) in [5.41, 5.74) is -2.09. The number of fused-ring (bicyclic) bond motifs is 1. The largest absolute Gasteiger partial charge is 0.507 e. The summed E-state index contributed by atoms with van der Waals surface area (Å²) < 4.78 is 57.3. The molecule has 2 aromatic heterocycles. The number of pyridine rings is 1. The van der Waals surface area contributed by atoms with Crippen LogP contribution in [0.1, 0.15) is 12.0 Å². The standard InChI is InChI=1S/C30H26F2N6O5S/c1-4-24(40)37-14-13-36(16-18(37)11-12-33)28-19-15-21(32)26(25-20(31)8-6-9-22(25)39)34-29(19)38(30(41)35-28)27-17(2)7-5-10-23(27)44(3,42)43/h4-10,15,18,39H,1,11,13-14,16H2,2-3H3. The molecule has 1 aliphatic rings. The number of carbonyl (C=O) groups excluding carboxylic acids is 1. The zero-order valence-electron chi connectivity index (χ0n) is 23.7. The van der Waals surface area contributed by atoms with Gasteiger partial charge in [0.2, 0.25) is 5.91 Å². The number of hydrogen-bond donors (Lipinski definition) is 1. The van der Waals surface area contributed by atoms with Crippen LogP contribution in [0, 0.1) is 29.9 Å². The molecular formula is C30H26F2N6O5S. The van der Waals surface area contributed by atoms with Gasteiger partial charge < -0.3 is 14.9 Å². The number of amides is 1. The third-order valence-corrected chi connectivity index (χ3v) is 8.55. The van der Waals surface area contributed by atoms with E-state index in [1.54, 1.807) is 17.9 Å². The number of aromatic hydroxyl groups is 1. The van der Waals surface area contributed by atoms with Crippen molar-refractivity contribution in [1.82, 2.24) is 19.4 Å². The molecule has 0 bridgehead atoms. The molecule has 1 unspecified atom stereocenters. The quantitative estimate of drug-likeness (QED) is 0.321. The van der Waals surface area contributed by atoms with Crippen LogP contribution in [0.4, 0.5) is 14.6 Å². The van der Waals surface area contributed by atoms with Gasteiger partial charge in [0.05, 0.1) is 40.1 Å².